The lowest BCUT2D eigenvalue weighted by atomic mass is 9.90. The molecule has 7 nitrogen and oxygen atoms in total. The molecule has 162 valence electrons. The molecule has 0 bridgehead atoms. The molecule has 7 heteroatoms. The van der Waals surface area contributed by atoms with E-state index < -0.39 is 23.3 Å². The summed E-state index contributed by atoms with van der Waals surface area (Å²) in [6.07, 6.45) is 2.51. The van der Waals surface area contributed by atoms with E-state index in [1.807, 2.05) is 19.9 Å². The second-order valence-corrected chi connectivity index (χ2v) is 7.72. The number of cyclic esters (lactones) is 1. The van der Waals surface area contributed by atoms with Crippen LogP contribution in [0.25, 0.3) is 5.57 Å². The van der Waals surface area contributed by atoms with E-state index in [0.717, 1.165) is 5.57 Å². The third-order valence-electron chi connectivity index (χ3n) is 4.99. The minimum absolute atomic E-state index is 0.00499. The molecule has 2 aromatic rings. The first kappa shape index (κ1) is 22.0. The fourth-order valence-corrected chi connectivity index (χ4v) is 3.29. The van der Waals surface area contributed by atoms with Crippen LogP contribution in [0, 0.1) is 0 Å². The van der Waals surface area contributed by atoms with Crippen LogP contribution in [0.4, 0.5) is 0 Å². The van der Waals surface area contributed by atoms with Crippen molar-refractivity contribution in [3.63, 3.8) is 0 Å². The Kier molecular flexibility index (Phi) is 6.06. The molecule has 1 aliphatic rings. The molecule has 0 radical (unpaired) electrons. The van der Waals surface area contributed by atoms with Gasteiger partial charge >= 0.3 is 11.9 Å². The number of hydrogen-bond acceptors (Lipinski definition) is 7. The van der Waals surface area contributed by atoms with Crippen molar-refractivity contribution in [2.24, 2.45) is 0 Å². The Hall–Kier alpha value is -3.74. The lowest BCUT2D eigenvalue weighted by Gasteiger charge is -2.24. The monoisotopic (exact) mass is 424 g/mol. The van der Waals surface area contributed by atoms with Crippen LogP contribution < -0.4 is 0 Å². The molecule has 0 spiro atoms. The van der Waals surface area contributed by atoms with E-state index in [1.54, 1.807) is 12.1 Å². The van der Waals surface area contributed by atoms with Crippen LogP contribution in [-0.2, 0) is 32.1 Å². The normalized spacial score (nSPS) is 18.0. The van der Waals surface area contributed by atoms with Gasteiger partial charge in [-0.15, -0.1) is 0 Å². The highest BCUT2D eigenvalue weighted by Crippen LogP contribution is 2.40. The molecule has 31 heavy (non-hydrogen) atoms. The minimum Gasteiger partial charge on any atom is -0.508 e. The Morgan fingerprint density at radius 3 is 2.42 bits per heavy atom. The molecule has 2 aromatic carbocycles. The van der Waals surface area contributed by atoms with Gasteiger partial charge in [0.2, 0.25) is 11.4 Å². The molecule has 0 saturated heterocycles. The first-order chi connectivity index (χ1) is 14.6. The van der Waals surface area contributed by atoms with Gasteiger partial charge in [-0.1, -0.05) is 29.8 Å². The zero-order valence-corrected chi connectivity index (χ0v) is 17.5. The van der Waals surface area contributed by atoms with Crippen LogP contribution in [0.2, 0.25) is 0 Å². The van der Waals surface area contributed by atoms with Crippen molar-refractivity contribution in [2.75, 3.05) is 0 Å². The Balaban J connectivity index is 1.81. The molecule has 0 fully saturated rings. The zero-order valence-electron chi connectivity index (χ0n) is 17.5. The number of aromatic hydroxyl groups is 2. The minimum atomic E-state index is -1.85. The van der Waals surface area contributed by atoms with Gasteiger partial charge in [0.15, 0.2) is 0 Å². The van der Waals surface area contributed by atoms with E-state index in [9.17, 15) is 24.9 Å². The molecule has 0 unspecified atom stereocenters. The summed E-state index contributed by atoms with van der Waals surface area (Å²) in [5.74, 6) is -2.43. The predicted molar refractivity (Wildman–Crippen MR) is 113 cm³/mol. The average Bonchev–Trinajstić information content (AvgIpc) is 2.96. The molecule has 0 amide bonds. The maximum Gasteiger partial charge on any atom is 0.375 e. The second-order valence-electron chi connectivity index (χ2n) is 7.72. The Labute approximate surface area is 179 Å². The van der Waals surface area contributed by atoms with E-state index >= 15 is 0 Å². The van der Waals surface area contributed by atoms with Crippen molar-refractivity contribution in [1.29, 1.82) is 0 Å². The van der Waals surface area contributed by atoms with E-state index in [4.69, 9.17) is 9.47 Å². The molecule has 1 aliphatic heterocycles. The van der Waals surface area contributed by atoms with Crippen LogP contribution in [0.5, 0.6) is 11.5 Å². The Bertz CT molecular complexity index is 1080. The van der Waals surface area contributed by atoms with Gasteiger partial charge in [-0.2, -0.15) is 0 Å². The number of carbonyl (C=O) groups excluding carboxylic acids is 2. The largest absolute Gasteiger partial charge is 0.508 e. The van der Waals surface area contributed by atoms with Crippen LogP contribution in [0.3, 0.4) is 0 Å². The fourth-order valence-electron chi connectivity index (χ4n) is 3.29. The van der Waals surface area contributed by atoms with Gasteiger partial charge in [0.25, 0.3) is 0 Å². The van der Waals surface area contributed by atoms with E-state index in [0.29, 0.717) is 23.1 Å². The number of allylic oxidation sites excluding steroid dienone is 2. The standard InChI is InChI=1S/C24H24O7/c1-14(2)4-6-17-12-15(5-11-19(17)26)13-30-23(29)24(3)20(21(27)22(28)31-24)16-7-9-18(25)10-8-16/h4-5,7-12,25-27H,6,13H2,1-3H3/t24-/m1/s1. The highest BCUT2D eigenvalue weighted by atomic mass is 16.6. The number of hydrogen-bond donors (Lipinski definition) is 3. The summed E-state index contributed by atoms with van der Waals surface area (Å²) in [6, 6.07) is 10.6. The third-order valence-corrected chi connectivity index (χ3v) is 4.99. The summed E-state index contributed by atoms with van der Waals surface area (Å²) in [6.45, 7) is 5.15. The average molecular weight is 424 g/mol. The number of phenolic OH excluding ortho intramolecular Hbond substituents is 2. The van der Waals surface area contributed by atoms with Crippen LogP contribution in [0.1, 0.15) is 37.5 Å². The summed E-state index contributed by atoms with van der Waals surface area (Å²) in [5, 5.41) is 29.7. The number of ether oxygens (including phenoxy) is 2. The number of aliphatic hydroxyl groups excluding tert-OH is 1. The number of esters is 2. The SMILES string of the molecule is CC(C)=CCc1cc(COC(=O)[C@]2(C)OC(=O)C(O)=C2c2ccc(O)cc2)ccc1O. The lowest BCUT2D eigenvalue weighted by Crippen LogP contribution is -2.39. The highest BCUT2D eigenvalue weighted by Gasteiger charge is 2.52. The number of carbonyl (C=O) groups is 2. The van der Waals surface area contributed by atoms with Crippen molar-refractivity contribution in [2.45, 2.75) is 39.4 Å². The first-order valence-corrected chi connectivity index (χ1v) is 9.69. The summed E-state index contributed by atoms with van der Waals surface area (Å²) in [7, 11) is 0. The van der Waals surface area contributed by atoms with Crippen LogP contribution in [0.15, 0.2) is 59.9 Å². The van der Waals surface area contributed by atoms with Gasteiger partial charge < -0.3 is 24.8 Å². The van der Waals surface area contributed by atoms with Gasteiger partial charge in [-0.05, 0) is 68.1 Å². The molecule has 0 saturated carbocycles. The van der Waals surface area contributed by atoms with Gasteiger partial charge in [0, 0.05) is 0 Å². The summed E-state index contributed by atoms with van der Waals surface area (Å²) in [4.78, 5) is 24.9. The number of rotatable bonds is 6. The van der Waals surface area contributed by atoms with Crippen molar-refractivity contribution >= 4 is 17.5 Å². The van der Waals surface area contributed by atoms with Gasteiger partial charge in [-0.25, -0.2) is 9.59 Å². The zero-order chi connectivity index (χ0) is 22.8. The molecule has 0 aromatic heterocycles. The Morgan fingerprint density at radius 1 is 1.10 bits per heavy atom. The topological polar surface area (TPSA) is 113 Å². The molecule has 0 aliphatic carbocycles. The molecule has 3 N–H and O–H groups in total. The molecular weight excluding hydrogens is 400 g/mol. The first-order valence-electron chi connectivity index (χ1n) is 9.69. The summed E-state index contributed by atoms with van der Waals surface area (Å²) >= 11 is 0. The Morgan fingerprint density at radius 2 is 1.77 bits per heavy atom. The maximum absolute atomic E-state index is 12.9. The van der Waals surface area contributed by atoms with Crippen molar-refractivity contribution in [1.82, 2.24) is 0 Å². The van der Waals surface area contributed by atoms with Gasteiger partial charge in [-0.3, -0.25) is 0 Å². The maximum atomic E-state index is 12.9. The highest BCUT2D eigenvalue weighted by molar-refractivity contribution is 6.10. The summed E-state index contributed by atoms with van der Waals surface area (Å²) < 4.78 is 10.6. The van der Waals surface area contributed by atoms with Crippen molar-refractivity contribution < 1.29 is 34.4 Å². The number of phenols is 2. The van der Waals surface area contributed by atoms with E-state index in [-0.39, 0.29) is 23.7 Å². The smallest absolute Gasteiger partial charge is 0.375 e. The molecule has 1 atom stereocenters. The van der Waals surface area contributed by atoms with E-state index in [2.05, 4.69) is 0 Å². The molecular formula is C24H24O7. The third kappa shape index (κ3) is 4.55. The van der Waals surface area contributed by atoms with Gasteiger partial charge in [0.1, 0.15) is 18.1 Å². The quantitative estimate of drug-likeness (QED) is 0.475. The van der Waals surface area contributed by atoms with Crippen molar-refractivity contribution in [3.8, 4) is 11.5 Å². The number of benzene rings is 2. The fraction of sp³-hybridized carbons (Fsp3) is 0.250. The van der Waals surface area contributed by atoms with E-state index in [1.165, 1.54) is 37.3 Å². The predicted octanol–water partition coefficient (Wildman–Crippen LogP) is 3.93. The van der Waals surface area contributed by atoms with Crippen LogP contribution >= 0.6 is 0 Å². The van der Waals surface area contributed by atoms with Gasteiger partial charge in [0.05, 0.1) is 5.57 Å². The second kappa shape index (κ2) is 8.55. The lowest BCUT2D eigenvalue weighted by molar-refractivity contribution is -0.170. The van der Waals surface area contributed by atoms with Crippen LogP contribution in [-0.4, -0.2) is 32.9 Å². The molecule has 1 heterocycles. The van der Waals surface area contributed by atoms with Crippen molar-refractivity contribution in [3.05, 3.63) is 76.6 Å². The summed E-state index contributed by atoms with van der Waals surface area (Å²) in [5.41, 5.74) is 0.915. The molecule has 3 rings (SSSR count). The number of aliphatic hydroxyl groups is 1.